The highest BCUT2D eigenvalue weighted by molar-refractivity contribution is 5.89. The number of aliphatic hydroxyl groups is 1. The minimum atomic E-state index is -1.10. The summed E-state index contributed by atoms with van der Waals surface area (Å²) in [5.74, 6) is -0.629. The fraction of sp³-hybridized carbons (Fsp3) is 0.750. The van der Waals surface area contributed by atoms with Crippen LogP contribution in [0.5, 0.6) is 0 Å². The number of hydrogen-bond acceptors (Lipinski definition) is 3. The van der Waals surface area contributed by atoms with E-state index in [2.05, 4.69) is 0 Å². The summed E-state index contributed by atoms with van der Waals surface area (Å²) in [5.41, 5.74) is 0. The van der Waals surface area contributed by atoms with Gasteiger partial charge in [0.05, 0.1) is 0 Å². The quantitative estimate of drug-likeness (QED) is 0.650. The molecule has 0 saturated carbocycles. The van der Waals surface area contributed by atoms with Crippen LogP contribution in [-0.4, -0.2) is 22.8 Å². The predicted octanol–water partition coefficient (Wildman–Crippen LogP) is 0.551. The third-order valence-electron chi connectivity index (χ3n) is 1.38. The summed E-state index contributed by atoms with van der Waals surface area (Å²) in [6.07, 6.45) is -1.16. The molecule has 0 aromatic rings. The molecule has 0 rings (SSSR count). The molecule has 0 spiro atoms. The highest BCUT2D eigenvalue weighted by atomic mass is 16.3. The summed E-state index contributed by atoms with van der Waals surface area (Å²) in [6.45, 7) is 4.76. The molecule has 0 aliphatic rings. The van der Waals surface area contributed by atoms with Crippen molar-refractivity contribution >= 4 is 11.6 Å². The average Bonchev–Trinajstić information content (AvgIpc) is 1.84. The molecule has 0 bridgehead atoms. The topological polar surface area (TPSA) is 54.4 Å². The molecule has 0 aromatic carbocycles. The van der Waals surface area contributed by atoms with Gasteiger partial charge in [-0.05, 0) is 6.92 Å². The SMILES string of the molecule is CC(=O)CC(O)C(=O)C(C)C. The molecule has 0 aliphatic heterocycles. The summed E-state index contributed by atoms with van der Waals surface area (Å²) in [6, 6.07) is 0. The smallest absolute Gasteiger partial charge is 0.164 e. The van der Waals surface area contributed by atoms with E-state index in [1.165, 1.54) is 6.92 Å². The fourth-order valence-electron chi connectivity index (χ4n) is 0.758. The summed E-state index contributed by atoms with van der Waals surface area (Å²) >= 11 is 0. The first-order valence-corrected chi connectivity index (χ1v) is 3.66. The van der Waals surface area contributed by atoms with Crippen molar-refractivity contribution in [3.63, 3.8) is 0 Å². The molecular weight excluding hydrogens is 144 g/mol. The highest BCUT2D eigenvalue weighted by Crippen LogP contribution is 2.03. The molecule has 0 aliphatic carbocycles. The van der Waals surface area contributed by atoms with Gasteiger partial charge in [-0.3, -0.25) is 9.59 Å². The molecule has 0 amide bonds. The lowest BCUT2D eigenvalue weighted by molar-refractivity contribution is -0.133. The Kier molecular flexibility index (Phi) is 3.97. The Hall–Kier alpha value is -0.700. The monoisotopic (exact) mass is 158 g/mol. The van der Waals surface area contributed by atoms with Crippen LogP contribution in [0.15, 0.2) is 0 Å². The van der Waals surface area contributed by atoms with E-state index in [1.807, 2.05) is 0 Å². The lowest BCUT2D eigenvalue weighted by Gasteiger charge is -2.09. The first-order chi connectivity index (χ1) is 4.95. The second kappa shape index (κ2) is 4.23. The van der Waals surface area contributed by atoms with Gasteiger partial charge in [-0.1, -0.05) is 13.8 Å². The number of rotatable bonds is 4. The molecule has 0 fully saturated rings. The van der Waals surface area contributed by atoms with Crippen molar-refractivity contribution in [3.05, 3.63) is 0 Å². The number of carbonyl (C=O) groups is 2. The Labute approximate surface area is 66.4 Å². The standard InChI is InChI=1S/C8H14O3/c1-5(2)8(11)7(10)4-6(3)9/h5,7,10H,4H2,1-3H3. The van der Waals surface area contributed by atoms with Crippen LogP contribution in [0.2, 0.25) is 0 Å². The molecule has 0 aromatic heterocycles. The van der Waals surface area contributed by atoms with Crippen LogP contribution in [0, 0.1) is 5.92 Å². The normalized spacial score (nSPS) is 13.2. The molecule has 64 valence electrons. The summed E-state index contributed by atoms with van der Waals surface area (Å²) in [5, 5.41) is 9.09. The molecule has 3 nitrogen and oxygen atoms in total. The predicted molar refractivity (Wildman–Crippen MR) is 41.1 cm³/mol. The zero-order valence-electron chi connectivity index (χ0n) is 7.13. The minimum Gasteiger partial charge on any atom is -0.385 e. The summed E-state index contributed by atoms with van der Waals surface area (Å²) < 4.78 is 0. The van der Waals surface area contributed by atoms with Crippen LogP contribution in [0.3, 0.4) is 0 Å². The van der Waals surface area contributed by atoms with Crippen molar-refractivity contribution in [2.45, 2.75) is 33.3 Å². The van der Waals surface area contributed by atoms with Crippen LogP contribution >= 0.6 is 0 Å². The zero-order valence-corrected chi connectivity index (χ0v) is 7.13. The largest absolute Gasteiger partial charge is 0.385 e. The van der Waals surface area contributed by atoms with Gasteiger partial charge in [0, 0.05) is 12.3 Å². The molecule has 0 heterocycles. The zero-order chi connectivity index (χ0) is 9.02. The van der Waals surface area contributed by atoms with E-state index in [0.717, 1.165) is 0 Å². The molecule has 0 radical (unpaired) electrons. The fourth-order valence-corrected chi connectivity index (χ4v) is 0.758. The summed E-state index contributed by atoms with van der Waals surface area (Å²) in [7, 11) is 0. The molecule has 1 N–H and O–H groups in total. The maximum absolute atomic E-state index is 11.0. The van der Waals surface area contributed by atoms with Gasteiger partial charge < -0.3 is 5.11 Å². The van der Waals surface area contributed by atoms with Crippen molar-refractivity contribution < 1.29 is 14.7 Å². The molecule has 1 atom stereocenters. The molecular formula is C8H14O3. The van der Waals surface area contributed by atoms with Gasteiger partial charge in [0.25, 0.3) is 0 Å². The Morgan fingerprint density at radius 2 is 1.82 bits per heavy atom. The van der Waals surface area contributed by atoms with E-state index in [-0.39, 0.29) is 23.9 Å². The Bertz CT molecular complexity index is 161. The Morgan fingerprint density at radius 1 is 1.36 bits per heavy atom. The van der Waals surface area contributed by atoms with E-state index in [4.69, 9.17) is 5.11 Å². The van der Waals surface area contributed by atoms with Crippen LogP contribution in [0.1, 0.15) is 27.2 Å². The Morgan fingerprint density at radius 3 is 2.09 bits per heavy atom. The van der Waals surface area contributed by atoms with Crippen LogP contribution in [0.4, 0.5) is 0 Å². The molecule has 11 heavy (non-hydrogen) atoms. The molecule has 0 saturated heterocycles. The second-order valence-electron chi connectivity index (χ2n) is 2.98. The molecule has 3 heteroatoms. The maximum atomic E-state index is 11.0. The number of ketones is 2. The van der Waals surface area contributed by atoms with Gasteiger partial charge in [0.1, 0.15) is 11.9 Å². The van der Waals surface area contributed by atoms with Gasteiger partial charge in [0.2, 0.25) is 0 Å². The van der Waals surface area contributed by atoms with Crippen molar-refractivity contribution in [2.75, 3.05) is 0 Å². The van der Waals surface area contributed by atoms with Gasteiger partial charge in [-0.25, -0.2) is 0 Å². The van der Waals surface area contributed by atoms with Crippen LogP contribution < -0.4 is 0 Å². The third kappa shape index (κ3) is 3.88. The van der Waals surface area contributed by atoms with E-state index < -0.39 is 6.10 Å². The van der Waals surface area contributed by atoms with Crippen LogP contribution in [0.25, 0.3) is 0 Å². The van der Waals surface area contributed by atoms with Gasteiger partial charge in [0.15, 0.2) is 5.78 Å². The van der Waals surface area contributed by atoms with E-state index >= 15 is 0 Å². The third-order valence-corrected chi connectivity index (χ3v) is 1.38. The second-order valence-corrected chi connectivity index (χ2v) is 2.98. The summed E-state index contributed by atoms with van der Waals surface area (Å²) in [4.78, 5) is 21.4. The maximum Gasteiger partial charge on any atom is 0.164 e. The van der Waals surface area contributed by atoms with Crippen molar-refractivity contribution in [1.82, 2.24) is 0 Å². The lowest BCUT2D eigenvalue weighted by Crippen LogP contribution is -2.26. The number of hydrogen-bond donors (Lipinski definition) is 1. The van der Waals surface area contributed by atoms with Crippen molar-refractivity contribution in [3.8, 4) is 0 Å². The van der Waals surface area contributed by atoms with Crippen LogP contribution in [-0.2, 0) is 9.59 Å². The average molecular weight is 158 g/mol. The molecule has 1 unspecified atom stereocenters. The first kappa shape index (κ1) is 10.3. The van der Waals surface area contributed by atoms with E-state index in [1.54, 1.807) is 13.8 Å². The Balaban J connectivity index is 3.93. The first-order valence-electron chi connectivity index (χ1n) is 3.66. The van der Waals surface area contributed by atoms with Crippen molar-refractivity contribution in [2.24, 2.45) is 5.92 Å². The van der Waals surface area contributed by atoms with E-state index in [0.29, 0.717) is 0 Å². The highest BCUT2D eigenvalue weighted by Gasteiger charge is 2.19. The van der Waals surface area contributed by atoms with E-state index in [9.17, 15) is 9.59 Å². The number of aliphatic hydroxyl groups excluding tert-OH is 1. The van der Waals surface area contributed by atoms with Gasteiger partial charge in [-0.2, -0.15) is 0 Å². The number of Topliss-reactive ketones (excluding diaryl/α,β-unsaturated/α-hetero) is 2. The van der Waals surface area contributed by atoms with Gasteiger partial charge in [-0.15, -0.1) is 0 Å². The minimum absolute atomic E-state index is 0.0585. The van der Waals surface area contributed by atoms with Gasteiger partial charge >= 0.3 is 0 Å². The lowest BCUT2D eigenvalue weighted by atomic mass is 10.0. The van der Waals surface area contributed by atoms with Crippen molar-refractivity contribution in [1.29, 1.82) is 0 Å². The number of carbonyl (C=O) groups excluding carboxylic acids is 2.